The Labute approximate surface area is 101 Å². The predicted molar refractivity (Wildman–Crippen MR) is 67.6 cm³/mol. The number of hydrogen-bond donors (Lipinski definition) is 1. The zero-order valence-electron chi connectivity index (χ0n) is 9.78. The van der Waals surface area contributed by atoms with Crippen molar-refractivity contribution in [2.75, 3.05) is 0 Å². The van der Waals surface area contributed by atoms with Crippen molar-refractivity contribution in [3.63, 3.8) is 0 Å². The third kappa shape index (κ3) is 2.92. The molecule has 2 rings (SSSR count). The van der Waals surface area contributed by atoms with Crippen molar-refractivity contribution in [1.29, 1.82) is 0 Å². The molecule has 1 aliphatic carbocycles. The van der Waals surface area contributed by atoms with E-state index in [2.05, 4.69) is 11.1 Å². The standard InChI is InChI=1S/C13H19NOS/c1-10-14-12(9-16-10)13(15)11-7-5-3-2-4-6-8-11/h7,9,13,15H,2-6,8H2,1H3. The second-order valence-electron chi connectivity index (χ2n) is 4.43. The van der Waals surface area contributed by atoms with Crippen molar-refractivity contribution in [2.45, 2.75) is 51.6 Å². The maximum atomic E-state index is 10.3. The zero-order valence-corrected chi connectivity index (χ0v) is 10.6. The van der Waals surface area contributed by atoms with Gasteiger partial charge in [-0.15, -0.1) is 11.3 Å². The molecule has 0 saturated heterocycles. The summed E-state index contributed by atoms with van der Waals surface area (Å²) in [7, 11) is 0. The van der Waals surface area contributed by atoms with Gasteiger partial charge in [0.25, 0.3) is 0 Å². The summed E-state index contributed by atoms with van der Waals surface area (Å²) >= 11 is 1.61. The van der Waals surface area contributed by atoms with E-state index in [1.165, 1.54) is 31.3 Å². The average molecular weight is 237 g/mol. The van der Waals surface area contributed by atoms with E-state index in [-0.39, 0.29) is 0 Å². The number of aliphatic hydroxyl groups is 1. The van der Waals surface area contributed by atoms with Crippen LogP contribution in [0.2, 0.25) is 0 Å². The first kappa shape index (κ1) is 11.8. The highest BCUT2D eigenvalue weighted by Crippen LogP contribution is 2.29. The Morgan fingerprint density at radius 3 is 2.88 bits per heavy atom. The smallest absolute Gasteiger partial charge is 0.118 e. The number of aromatic nitrogens is 1. The first-order valence-corrected chi connectivity index (χ1v) is 6.94. The summed E-state index contributed by atoms with van der Waals surface area (Å²) in [5, 5.41) is 13.3. The molecule has 2 nitrogen and oxygen atoms in total. The van der Waals surface area contributed by atoms with Crippen LogP contribution in [0, 0.1) is 6.92 Å². The molecule has 0 spiro atoms. The number of aryl methyl sites for hydroxylation is 1. The van der Waals surface area contributed by atoms with Gasteiger partial charge < -0.3 is 5.11 Å². The molecule has 0 amide bonds. The molecular formula is C13H19NOS. The van der Waals surface area contributed by atoms with Crippen LogP contribution in [0.4, 0.5) is 0 Å². The minimum atomic E-state index is -0.469. The molecule has 0 aliphatic heterocycles. The predicted octanol–water partition coefficient (Wildman–Crippen LogP) is 3.77. The van der Waals surface area contributed by atoms with Crippen molar-refractivity contribution in [3.8, 4) is 0 Å². The number of aliphatic hydroxyl groups excluding tert-OH is 1. The van der Waals surface area contributed by atoms with Crippen LogP contribution in [0.1, 0.15) is 55.3 Å². The number of thiazole rings is 1. The van der Waals surface area contributed by atoms with Crippen molar-refractivity contribution in [2.24, 2.45) is 0 Å². The molecule has 0 fully saturated rings. The Morgan fingerprint density at radius 1 is 1.31 bits per heavy atom. The summed E-state index contributed by atoms with van der Waals surface area (Å²) in [4.78, 5) is 4.37. The summed E-state index contributed by atoms with van der Waals surface area (Å²) in [5.41, 5.74) is 2.00. The lowest BCUT2D eigenvalue weighted by Gasteiger charge is -2.15. The fourth-order valence-corrected chi connectivity index (χ4v) is 2.79. The van der Waals surface area contributed by atoms with Gasteiger partial charge in [0.1, 0.15) is 6.10 Å². The molecule has 1 aliphatic rings. The van der Waals surface area contributed by atoms with Gasteiger partial charge in [0, 0.05) is 5.38 Å². The summed E-state index contributed by atoms with van der Waals surface area (Å²) in [5.74, 6) is 0. The molecule has 0 aromatic carbocycles. The summed E-state index contributed by atoms with van der Waals surface area (Å²) in [6.45, 7) is 1.98. The van der Waals surface area contributed by atoms with Crippen LogP contribution in [0.5, 0.6) is 0 Å². The third-order valence-corrected chi connectivity index (χ3v) is 3.89. The molecule has 1 unspecified atom stereocenters. The van der Waals surface area contributed by atoms with Gasteiger partial charge in [0.05, 0.1) is 10.7 Å². The summed E-state index contributed by atoms with van der Waals surface area (Å²) in [6.07, 6.45) is 8.96. The molecule has 0 radical (unpaired) electrons. The topological polar surface area (TPSA) is 33.1 Å². The van der Waals surface area contributed by atoms with Crippen LogP contribution in [0.15, 0.2) is 17.0 Å². The molecule has 1 N–H and O–H groups in total. The van der Waals surface area contributed by atoms with Gasteiger partial charge in [-0.05, 0) is 38.2 Å². The van der Waals surface area contributed by atoms with Gasteiger partial charge in [0.2, 0.25) is 0 Å². The third-order valence-electron chi connectivity index (χ3n) is 3.09. The van der Waals surface area contributed by atoms with Crippen LogP contribution < -0.4 is 0 Å². The lowest BCUT2D eigenvalue weighted by atomic mass is 9.95. The average Bonchev–Trinajstić information content (AvgIpc) is 2.63. The van der Waals surface area contributed by atoms with Gasteiger partial charge >= 0.3 is 0 Å². The quantitative estimate of drug-likeness (QED) is 0.794. The lowest BCUT2D eigenvalue weighted by Crippen LogP contribution is -2.04. The van der Waals surface area contributed by atoms with Crippen LogP contribution in [0.25, 0.3) is 0 Å². The SMILES string of the molecule is Cc1nc(C(O)C2=CCCCCCC2)cs1. The zero-order chi connectivity index (χ0) is 11.4. The fraction of sp³-hybridized carbons (Fsp3) is 0.615. The van der Waals surface area contributed by atoms with Crippen LogP contribution >= 0.6 is 11.3 Å². The maximum absolute atomic E-state index is 10.3. The first-order valence-electron chi connectivity index (χ1n) is 6.06. The molecule has 1 atom stereocenters. The largest absolute Gasteiger partial charge is 0.382 e. The van der Waals surface area contributed by atoms with Gasteiger partial charge in [-0.2, -0.15) is 0 Å². The summed E-state index contributed by atoms with van der Waals surface area (Å²) < 4.78 is 0. The van der Waals surface area contributed by atoms with Crippen molar-refractivity contribution >= 4 is 11.3 Å². The van der Waals surface area contributed by atoms with Crippen LogP contribution in [-0.2, 0) is 0 Å². The Morgan fingerprint density at radius 2 is 2.12 bits per heavy atom. The van der Waals surface area contributed by atoms with Gasteiger partial charge in [0.15, 0.2) is 0 Å². The second-order valence-corrected chi connectivity index (χ2v) is 5.49. The molecular weight excluding hydrogens is 218 g/mol. The molecule has 1 aromatic rings. The number of rotatable bonds is 2. The maximum Gasteiger partial charge on any atom is 0.118 e. The van der Waals surface area contributed by atoms with Crippen molar-refractivity contribution in [3.05, 3.63) is 27.7 Å². The summed E-state index contributed by atoms with van der Waals surface area (Å²) in [6, 6.07) is 0. The Bertz CT molecular complexity index is 370. The minimum absolute atomic E-state index is 0.469. The number of hydrogen-bond acceptors (Lipinski definition) is 3. The molecule has 1 aromatic heterocycles. The Balaban J connectivity index is 2.09. The highest BCUT2D eigenvalue weighted by atomic mass is 32.1. The highest BCUT2D eigenvalue weighted by Gasteiger charge is 2.16. The molecule has 3 heteroatoms. The monoisotopic (exact) mass is 237 g/mol. The van der Waals surface area contributed by atoms with E-state index in [4.69, 9.17) is 0 Å². The molecule has 0 bridgehead atoms. The molecule has 0 saturated carbocycles. The van der Waals surface area contributed by atoms with E-state index < -0.39 is 6.10 Å². The highest BCUT2D eigenvalue weighted by molar-refractivity contribution is 7.09. The van der Waals surface area contributed by atoms with Crippen LogP contribution in [-0.4, -0.2) is 10.1 Å². The van der Waals surface area contributed by atoms with E-state index in [1.807, 2.05) is 12.3 Å². The molecule has 1 heterocycles. The van der Waals surface area contributed by atoms with E-state index in [1.54, 1.807) is 11.3 Å². The molecule has 88 valence electrons. The van der Waals surface area contributed by atoms with Crippen molar-refractivity contribution < 1.29 is 5.11 Å². The normalized spacial score (nSPS) is 19.8. The van der Waals surface area contributed by atoms with Gasteiger partial charge in [-0.25, -0.2) is 4.98 Å². The number of nitrogens with zero attached hydrogens (tertiary/aromatic N) is 1. The second kappa shape index (κ2) is 5.60. The lowest BCUT2D eigenvalue weighted by molar-refractivity contribution is 0.205. The van der Waals surface area contributed by atoms with Gasteiger partial charge in [-0.3, -0.25) is 0 Å². The van der Waals surface area contributed by atoms with E-state index >= 15 is 0 Å². The van der Waals surface area contributed by atoms with Gasteiger partial charge in [-0.1, -0.05) is 18.9 Å². The first-order chi connectivity index (χ1) is 7.77. The van der Waals surface area contributed by atoms with Crippen LogP contribution in [0.3, 0.4) is 0 Å². The molecule has 16 heavy (non-hydrogen) atoms. The van der Waals surface area contributed by atoms with E-state index in [0.717, 1.165) is 23.5 Å². The van der Waals surface area contributed by atoms with Crippen molar-refractivity contribution in [1.82, 2.24) is 4.98 Å². The number of allylic oxidation sites excluding steroid dienone is 1. The Kier molecular flexibility index (Phi) is 4.13. The fourth-order valence-electron chi connectivity index (χ4n) is 2.16. The Hall–Kier alpha value is -0.670. The minimum Gasteiger partial charge on any atom is -0.382 e. The van der Waals surface area contributed by atoms with E-state index in [0.29, 0.717) is 0 Å². The van der Waals surface area contributed by atoms with E-state index in [9.17, 15) is 5.11 Å².